The summed E-state index contributed by atoms with van der Waals surface area (Å²) in [5.74, 6) is 2.71. The number of carbonyl (C=O) groups excluding carboxylic acids is 1. The molecule has 2 aliphatic rings. The first kappa shape index (κ1) is 27.0. The quantitative estimate of drug-likeness (QED) is 0.294. The Morgan fingerprint density at radius 2 is 2.13 bits per heavy atom. The van der Waals surface area contributed by atoms with Crippen molar-refractivity contribution in [1.82, 2.24) is 20.6 Å². The number of pyridine rings is 1. The molecule has 10 heteroatoms. The van der Waals surface area contributed by atoms with Crippen LogP contribution in [0.1, 0.15) is 59.1 Å². The first-order valence-electron chi connectivity index (χ1n) is 13.7. The molecule has 1 amide bonds. The van der Waals surface area contributed by atoms with Gasteiger partial charge in [-0.25, -0.2) is 9.97 Å². The normalized spacial score (nSPS) is 17.6. The number of aryl methyl sites for hydroxylation is 1. The van der Waals surface area contributed by atoms with Gasteiger partial charge in [0.1, 0.15) is 24.0 Å². The molecule has 1 saturated carbocycles. The van der Waals surface area contributed by atoms with Gasteiger partial charge in [0, 0.05) is 44.3 Å². The summed E-state index contributed by atoms with van der Waals surface area (Å²) in [5, 5.41) is 20.7. The summed E-state index contributed by atoms with van der Waals surface area (Å²) < 4.78 is 11.2. The first-order chi connectivity index (χ1) is 18.9. The van der Waals surface area contributed by atoms with Crippen LogP contribution in [0.2, 0.25) is 0 Å². The van der Waals surface area contributed by atoms with Crippen LogP contribution in [-0.4, -0.2) is 59.3 Å². The number of fused-ring (bicyclic) bond motifs is 1. The van der Waals surface area contributed by atoms with Crippen molar-refractivity contribution < 1.29 is 19.1 Å². The van der Waals surface area contributed by atoms with Gasteiger partial charge in [-0.1, -0.05) is 6.07 Å². The maximum atomic E-state index is 13.1. The van der Waals surface area contributed by atoms with Gasteiger partial charge in [0.05, 0.1) is 11.8 Å². The first-order valence-corrected chi connectivity index (χ1v) is 13.7. The summed E-state index contributed by atoms with van der Waals surface area (Å²) in [7, 11) is 1.96. The molecule has 39 heavy (non-hydrogen) atoms. The summed E-state index contributed by atoms with van der Waals surface area (Å²) in [6, 6.07) is 9.83. The van der Waals surface area contributed by atoms with E-state index in [4.69, 9.17) is 14.1 Å². The zero-order valence-corrected chi connectivity index (χ0v) is 22.9. The van der Waals surface area contributed by atoms with Gasteiger partial charge < -0.3 is 35.1 Å². The van der Waals surface area contributed by atoms with E-state index in [1.54, 1.807) is 12.1 Å². The van der Waals surface area contributed by atoms with E-state index in [1.807, 2.05) is 44.0 Å². The lowest BCUT2D eigenvalue weighted by Gasteiger charge is -2.30. The molecule has 208 valence electrons. The second-order valence-corrected chi connectivity index (χ2v) is 10.4. The minimum absolute atomic E-state index is 0.149. The molecular weight excluding hydrogens is 496 g/mol. The van der Waals surface area contributed by atoms with E-state index < -0.39 is 6.10 Å². The number of benzene rings is 1. The van der Waals surface area contributed by atoms with Crippen LogP contribution in [0.25, 0.3) is 0 Å². The molecule has 3 aromatic rings. The van der Waals surface area contributed by atoms with Crippen LogP contribution in [0.5, 0.6) is 5.75 Å². The van der Waals surface area contributed by atoms with Crippen LogP contribution in [0.15, 0.2) is 41.1 Å². The highest BCUT2D eigenvalue weighted by Gasteiger charge is 2.26. The highest BCUT2D eigenvalue weighted by molar-refractivity contribution is 5.95. The largest absolute Gasteiger partial charge is 0.486 e. The molecule has 0 bridgehead atoms. The second-order valence-electron chi connectivity index (χ2n) is 10.4. The molecule has 1 fully saturated rings. The highest BCUT2D eigenvalue weighted by atomic mass is 16.5. The lowest BCUT2D eigenvalue weighted by Crippen LogP contribution is -2.49. The van der Waals surface area contributed by atoms with Gasteiger partial charge in [-0.3, -0.25) is 4.79 Å². The number of aromatic nitrogens is 2. The van der Waals surface area contributed by atoms with Crippen LogP contribution >= 0.6 is 0 Å². The van der Waals surface area contributed by atoms with Crippen LogP contribution in [0.4, 0.5) is 11.6 Å². The SMILES string of the molecule is CCN(C)c1cc(C(=O)NCC(O)C2Cc3ccc(OCc4ocnc4C)cc3CN2)cc(NC2CCC2)n1. The number of rotatable bonds is 11. The second kappa shape index (κ2) is 12.0. The molecular formula is C29H38N6O4. The van der Waals surface area contributed by atoms with Crippen molar-refractivity contribution in [2.45, 2.75) is 70.9 Å². The summed E-state index contributed by atoms with van der Waals surface area (Å²) in [6.07, 6.45) is 4.80. The lowest BCUT2D eigenvalue weighted by atomic mass is 9.92. The monoisotopic (exact) mass is 534 g/mol. The molecule has 0 saturated heterocycles. The number of ether oxygens (including phenoxy) is 1. The zero-order chi connectivity index (χ0) is 27.4. The van der Waals surface area contributed by atoms with E-state index in [0.717, 1.165) is 47.8 Å². The molecule has 1 aliphatic carbocycles. The molecule has 2 aromatic heterocycles. The lowest BCUT2D eigenvalue weighted by molar-refractivity contribution is 0.0870. The molecule has 2 unspecified atom stereocenters. The van der Waals surface area contributed by atoms with Gasteiger partial charge in [-0.15, -0.1) is 0 Å². The van der Waals surface area contributed by atoms with Crippen LogP contribution < -0.4 is 25.6 Å². The van der Waals surface area contributed by atoms with Gasteiger partial charge in [0.15, 0.2) is 12.2 Å². The average molecular weight is 535 g/mol. The Labute approximate surface area is 229 Å². The Kier molecular flexibility index (Phi) is 8.33. The summed E-state index contributed by atoms with van der Waals surface area (Å²) in [5.41, 5.74) is 3.64. The van der Waals surface area contributed by atoms with E-state index in [1.165, 1.54) is 12.8 Å². The van der Waals surface area contributed by atoms with Crippen molar-refractivity contribution in [2.24, 2.45) is 0 Å². The molecule has 0 radical (unpaired) electrons. The molecule has 1 aliphatic heterocycles. The number of nitrogens with one attached hydrogen (secondary N) is 3. The number of hydrogen-bond donors (Lipinski definition) is 4. The van der Waals surface area contributed by atoms with Crippen molar-refractivity contribution >= 4 is 17.5 Å². The van der Waals surface area contributed by atoms with Crippen molar-refractivity contribution in [2.75, 3.05) is 30.4 Å². The number of nitrogens with zero attached hydrogens (tertiary/aromatic N) is 3. The van der Waals surface area contributed by atoms with Gasteiger partial charge >= 0.3 is 0 Å². The summed E-state index contributed by atoms with van der Waals surface area (Å²) >= 11 is 0. The number of hydrogen-bond acceptors (Lipinski definition) is 9. The third-order valence-electron chi connectivity index (χ3n) is 7.72. The highest BCUT2D eigenvalue weighted by Crippen LogP contribution is 2.26. The predicted molar refractivity (Wildman–Crippen MR) is 149 cm³/mol. The topological polar surface area (TPSA) is 125 Å². The Hall–Kier alpha value is -3.63. The standard InChI is InChI=1S/C29H38N6O4/c1-4-35(3)28-13-20(12-27(34-28)33-22-6-5-7-22)29(37)31-15-25(36)24-11-19-8-9-23(10-21(19)14-30-24)38-16-26-18(2)32-17-39-26/h8-10,12-13,17,22,24-25,30,36H,4-7,11,14-16H2,1-3H3,(H,31,37)(H,33,34). The average Bonchev–Trinajstić information content (AvgIpc) is 3.35. The molecule has 2 atom stereocenters. The van der Waals surface area contributed by atoms with E-state index in [-0.39, 0.29) is 18.5 Å². The van der Waals surface area contributed by atoms with Gasteiger partial charge in [-0.2, -0.15) is 0 Å². The zero-order valence-electron chi connectivity index (χ0n) is 22.9. The molecule has 1 aromatic carbocycles. The molecule has 5 rings (SSSR count). The molecule has 10 nitrogen and oxygen atoms in total. The van der Waals surface area contributed by atoms with Gasteiger partial charge in [0.25, 0.3) is 5.91 Å². The molecule has 3 heterocycles. The van der Waals surface area contributed by atoms with Crippen LogP contribution in [-0.2, 0) is 19.6 Å². The number of aliphatic hydroxyl groups is 1. The van der Waals surface area contributed by atoms with E-state index in [0.29, 0.717) is 42.8 Å². The third-order valence-corrected chi connectivity index (χ3v) is 7.72. The maximum absolute atomic E-state index is 13.1. The van der Waals surface area contributed by atoms with Crippen molar-refractivity contribution in [3.8, 4) is 5.75 Å². The van der Waals surface area contributed by atoms with E-state index >= 15 is 0 Å². The third kappa shape index (κ3) is 6.51. The fourth-order valence-electron chi connectivity index (χ4n) is 4.77. The van der Waals surface area contributed by atoms with Crippen molar-refractivity contribution in [1.29, 1.82) is 0 Å². The Balaban J connectivity index is 1.16. The van der Waals surface area contributed by atoms with E-state index in [9.17, 15) is 9.90 Å². The summed E-state index contributed by atoms with van der Waals surface area (Å²) in [6.45, 7) is 5.80. The summed E-state index contributed by atoms with van der Waals surface area (Å²) in [4.78, 5) is 23.9. The maximum Gasteiger partial charge on any atom is 0.251 e. The Bertz CT molecular complexity index is 1290. The molecule has 4 N–H and O–H groups in total. The fraction of sp³-hybridized carbons (Fsp3) is 0.483. The van der Waals surface area contributed by atoms with Crippen LogP contribution in [0, 0.1) is 6.92 Å². The minimum atomic E-state index is -0.736. The molecule has 0 spiro atoms. The number of amides is 1. The Morgan fingerprint density at radius 1 is 1.28 bits per heavy atom. The number of anilines is 2. The fourth-order valence-corrected chi connectivity index (χ4v) is 4.77. The van der Waals surface area contributed by atoms with Crippen molar-refractivity contribution in [3.63, 3.8) is 0 Å². The smallest absolute Gasteiger partial charge is 0.251 e. The number of aliphatic hydroxyl groups excluding tert-OH is 1. The minimum Gasteiger partial charge on any atom is -0.486 e. The predicted octanol–water partition coefficient (Wildman–Crippen LogP) is 3.18. The number of oxazole rings is 1. The number of carbonyl (C=O) groups is 1. The van der Waals surface area contributed by atoms with Gasteiger partial charge in [-0.05, 0) is 74.9 Å². The van der Waals surface area contributed by atoms with Crippen LogP contribution in [0.3, 0.4) is 0 Å². The van der Waals surface area contributed by atoms with Crippen molar-refractivity contribution in [3.05, 3.63) is 64.9 Å². The van der Waals surface area contributed by atoms with E-state index in [2.05, 4.69) is 20.9 Å². The Morgan fingerprint density at radius 3 is 2.85 bits per heavy atom. The van der Waals surface area contributed by atoms with Gasteiger partial charge in [0.2, 0.25) is 0 Å².